The van der Waals surface area contributed by atoms with E-state index in [-0.39, 0.29) is 5.41 Å². The van der Waals surface area contributed by atoms with Crippen LogP contribution in [0.4, 0.5) is 0 Å². The lowest BCUT2D eigenvalue weighted by Crippen LogP contribution is -2.32. The summed E-state index contributed by atoms with van der Waals surface area (Å²) >= 11 is 0. The highest BCUT2D eigenvalue weighted by atomic mass is 16.4. The second-order valence-corrected chi connectivity index (χ2v) is 7.00. The van der Waals surface area contributed by atoms with Gasteiger partial charge in [-0.2, -0.15) is 0 Å². The van der Waals surface area contributed by atoms with Crippen LogP contribution in [0.2, 0.25) is 0 Å². The first-order valence-electron chi connectivity index (χ1n) is 7.75. The first-order valence-corrected chi connectivity index (χ1v) is 7.75. The minimum atomic E-state index is -0.185. The second kappa shape index (κ2) is 6.12. The fraction of sp³-hybridized carbons (Fsp3) is 0.933. The Hall–Kier alpha value is -0.770. The topological polar surface area (TPSA) is 61.8 Å². The van der Waals surface area contributed by atoms with Gasteiger partial charge in [0.2, 0.25) is 0 Å². The van der Waals surface area contributed by atoms with Gasteiger partial charge in [-0.15, -0.1) is 0 Å². The van der Waals surface area contributed by atoms with E-state index in [2.05, 4.69) is 10.1 Å². The molecule has 19 heavy (non-hydrogen) atoms. The lowest BCUT2D eigenvalue weighted by molar-refractivity contribution is 0.242. The van der Waals surface area contributed by atoms with E-state index in [0.717, 1.165) is 24.8 Å². The van der Waals surface area contributed by atoms with Gasteiger partial charge in [0.15, 0.2) is 0 Å². The van der Waals surface area contributed by atoms with Crippen LogP contribution in [0.5, 0.6) is 0 Å². The molecule has 2 aliphatic carbocycles. The van der Waals surface area contributed by atoms with Crippen LogP contribution in [-0.4, -0.2) is 35.1 Å². The van der Waals surface area contributed by atoms with Crippen molar-refractivity contribution in [1.82, 2.24) is 4.90 Å². The fourth-order valence-corrected chi connectivity index (χ4v) is 2.64. The van der Waals surface area contributed by atoms with Crippen LogP contribution < -0.4 is 5.73 Å². The Labute approximate surface area is 117 Å². The lowest BCUT2D eigenvalue weighted by atomic mass is 9.86. The Morgan fingerprint density at radius 1 is 1.26 bits per heavy atom. The molecule has 0 aromatic heterocycles. The van der Waals surface area contributed by atoms with E-state index < -0.39 is 0 Å². The molecule has 0 saturated heterocycles. The van der Waals surface area contributed by atoms with Gasteiger partial charge in [-0.25, -0.2) is 0 Å². The number of amidine groups is 1. The SMILES string of the molecule is CC(C)(CCCCN(CC1CC1)C1CC1)C(N)=NO. The molecule has 2 fully saturated rings. The highest BCUT2D eigenvalue weighted by Gasteiger charge is 2.33. The van der Waals surface area contributed by atoms with Crippen molar-refractivity contribution in [3.05, 3.63) is 0 Å². The maximum absolute atomic E-state index is 8.76. The molecule has 0 heterocycles. The van der Waals surface area contributed by atoms with Crippen molar-refractivity contribution in [2.45, 2.75) is 64.8 Å². The molecule has 0 amide bonds. The molecule has 0 spiro atoms. The molecule has 0 aromatic carbocycles. The summed E-state index contributed by atoms with van der Waals surface area (Å²) in [6.07, 6.45) is 9.07. The van der Waals surface area contributed by atoms with Crippen molar-refractivity contribution in [2.24, 2.45) is 22.2 Å². The molecule has 3 N–H and O–H groups in total. The molecule has 0 atom stereocenters. The van der Waals surface area contributed by atoms with Gasteiger partial charge in [-0.1, -0.05) is 25.4 Å². The van der Waals surface area contributed by atoms with Gasteiger partial charge in [0.1, 0.15) is 5.84 Å². The second-order valence-electron chi connectivity index (χ2n) is 7.00. The number of hydrogen-bond donors (Lipinski definition) is 2. The molecular weight excluding hydrogens is 238 g/mol. The minimum absolute atomic E-state index is 0.185. The van der Waals surface area contributed by atoms with Crippen LogP contribution in [0.25, 0.3) is 0 Å². The standard InChI is InChI=1S/C15H29N3O/c1-15(2,14(16)17-19)9-3-4-10-18(13-7-8-13)11-12-5-6-12/h12-13,19H,3-11H2,1-2H3,(H2,16,17). The van der Waals surface area contributed by atoms with Crippen LogP contribution in [0.1, 0.15) is 58.8 Å². The Kier molecular flexibility index (Phi) is 4.71. The van der Waals surface area contributed by atoms with Gasteiger partial charge in [-0.3, -0.25) is 0 Å². The molecule has 4 nitrogen and oxygen atoms in total. The smallest absolute Gasteiger partial charge is 0.144 e. The first kappa shape index (κ1) is 14.6. The van der Waals surface area contributed by atoms with Crippen molar-refractivity contribution >= 4 is 5.84 Å². The molecule has 0 radical (unpaired) electrons. The zero-order valence-corrected chi connectivity index (χ0v) is 12.4. The minimum Gasteiger partial charge on any atom is -0.409 e. The van der Waals surface area contributed by atoms with E-state index in [1.807, 2.05) is 13.8 Å². The molecule has 110 valence electrons. The lowest BCUT2D eigenvalue weighted by Gasteiger charge is -2.25. The number of hydrogen-bond acceptors (Lipinski definition) is 3. The zero-order chi connectivity index (χ0) is 13.9. The summed E-state index contributed by atoms with van der Waals surface area (Å²) in [5.74, 6) is 1.35. The summed E-state index contributed by atoms with van der Waals surface area (Å²) in [4.78, 5) is 2.70. The Morgan fingerprint density at radius 2 is 1.95 bits per heavy atom. The molecule has 2 saturated carbocycles. The van der Waals surface area contributed by atoms with Crippen LogP contribution in [0.3, 0.4) is 0 Å². The number of nitrogens with zero attached hydrogens (tertiary/aromatic N) is 2. The average Bonchev–Trinajstić information content (AvgIpc) is 3.24. The molecule has 0 aromatic rings. The maximum Gasteiger partial charge on any atom is 0.144 e. The normalized spacial score (nSPS) is 21.1. The van der Waals surface area contributed by atoms with Crippen molar-refractivity contribution in [1.29, 1.82) is 0 Å². The Morgan fingerprint density at radius 3 is 2.47 bits per heavy atom. The third-order valence-electron chi connectivity index (χ3n) is 4.55. The molecule has 2 rings (SSSR count). The summed E-state index contributed by atoms with van der Waals surface area (Å²) in [6.45, 7) is 6.65. The maximum atomic E-state index is 8.76. The average molecular weight is 267 g/mol. The third-order valence-corrected chi connectivity index (χ3v) is 4.55. The molecule has 0 aliphatic heterocycles. The predicted molar refractivity (Wildman–Crippen MR) is 78.4 cm³/mol. The van der Waals surface area contributed by atoms with Gasteiger partial charge < -0.3 is 15.8 Å². The molecule has 0 unspecified atom stereocenters. The van der Waals surface area contributed by atoms with E-state index in [1.165, 1.54) is 45.2 Å². The number of nitrogens with two attached hydrogens (primary N) is 1. The van der Waals surface area contributed by atoms with Crippen molar-refractivity contribution < 1.29 is 5.21 Å². The van der Waals surface area contributed by atoms with E-state index in [0.29, 0.717) is 5.84 Å². The highest BCUT2D eigenvalue weighted by Crippen LogP contribution is 2.35. The van der Waals surface area contributed by atoms with E-state index >= 15 is 0 Å². The molecule has 4 heteroatoms. The zero-order valence-electron chi connectivity index (χ0n) is 12.4. The van der Waals surface area contributed by atoms with Crippen LogP contribution >= 0.6 is 0 Å². The van der Waals surface area contributed by atoms with Crippen molar-refractivity contribution in [2.75, 3.05) is 13.1 Å². The molecule has 2 aliphatic rings. The quantitative estimate of drug-likeness (QED) is 0.222. The largest absolute Gasteiger partial charge is 0.409 e. The van der Waals surface area contributed by atoms with Gasteiger partial charge in [0.25, 0.3) is 0 Å². The van der Waals surface area contributed by atoms with E-state index in [4.69, 9.17) is 10.9 Å². The van der Waals surface area contributed by atoms with Crippen LogP contribution in [0, 0.1) is 11.3 Å². The summed E-state index contributed by atoms with van der Waals surface area (Å²) in [5.41, 5.74) is 5.53. The summed E-state index contributed by atoms with van der Waals surface area (Å²) in [5, 5.41) is 11.9. The van der Waals surface area contributed by atoms with Crippen molar-refractivity contribution in [3.8, 4) is 0 Å². The Balaban J connectivity index is 1.64. The number of unbranched alkanes of at least 4 members (excludes halogenated alkanes) is 1. The summed E-state index contributed by atoms with van der Waals surface area (Å²) in [6, 6.07) is 0.887. The Bertz CT molecular complexity index is 319. The monoisotopic (exact) mass is 267 g/mol. The number of rotatable bonds is 9. The summed E-state index contributed by atoms with van der Waals surface area (Å²) in [7, 11) is 0. The highest BCUT2D eigenvalue weighted by molar-refractivity contribution is 5.85. The van der Waals surface area contributed by atoms with Gasteiger partial charge in [0, 0.05) is 18.0 Å². The van der Waals surface area contributed by atoms with Crippen LogP contribution in [-0.2, 0) is 0 Å². The van der Waals surface area contributed by atoms with Gasteiger partial charge in [-0.05, 0) is 51.0 Å². The van der Waals surface area contributed by atoms with Gasteiger partial charge >= 0.3 is 0 Å². The number of oxime groups is 1. The van der Waals surface area contributed by atoms with Gasteiger partial charge in [0.05, 0.1) is 0 Å². The third kappa shape index (κ3) is 4.68. The molecule has 0 bridgehead atoms. The van der Waals surface area contributed by atoms with E-state index in [9.17, 15) is 0 Å². The van der Waals surface area contributed by atoms with Crippen LogP contribution in [0.15, 0.2) is 5.16 Å². The van der Waals surface area contributed by atoms with E-state index in [1.54, 1.807) is 0 Å². The first-order chi connectivity index (χ1) is 9.03. The predicted octanol–water partition coefficient (Wildman–Crippen LogP) is 2.80. The van der Waals surface area contributed by atoms with Crippen molar-refractivity contribution in [3.63, 3.8) is 0 Å². The summed E-state index contributed by atoms with van der Waals surface area (Å²) < 4.78 is 0. The molecular formula is C15H29N3O. The fourth-order valence-electron chi connectivity index (χ4n) is 2.64.